The first kappa shape index (κ1) is 13.6. The van der Waals surface area contributed by atoms with Gasteiger partial charge in [-0.1, -0.05) is 13.8 Å². The van der Waals surface area contributed by atoms with Crippen molar-refractivity contribution in [1.29, 1.82) is 0 Å². The van der Waals surface area contributed by atoms with Crippen molar-refractivity contribution in [3.05, 3.63) is 16.1 Å². The molecule has 0 aliphatic rings. The molecule has 16 heavy (non-hydrogen) atoms. The number of nitrogens with zero attached hydrogens (tertiary/aromatic N) is 1. The normalized spacial score (nSPS) is 13.3. The van der Waals surface area contributed by atoms with Crippen LogP contribution in [0.25, 0.3) is 0 Å². The maximum atomic E-state index is 5.47. The Balaban J connectivity index is 2.37. The van der Waals surface area contributed by atoms with Gasteiger partial charge in [-0.25, -0.2) is 4.98 Å². The predicted molar refractivity (Wildman–Crippen MR) is 68.8 cm³/mol. The SMILES string of the molecule is CCOCC(NCc1csc(C)n1)C(C)C. The van der Waals surface area contributed by atoms with E-state index in [2.05, 4.69) is 29.5 Å². The van der Waals surface area contributed by atoms with E-state index in [0.717, 1.165) is 30.5 Å². The summed E-state index contributed by atoms with van der Waals surface area (Å²) in [6.45, 7) is 10.9. The van der Waals surface area contributed by atoms with Gasteiger partial charge in [0.05, 0.1) is 17.3 Å². The molecule has 0 saturated heterocycles. The highest BCUT2D eigenvalue weighted by molar-refractivity contribution is 7.09. The quantitative estimate of drug-likeness (QED) is 0.798. The first-order valence-corrected chi connectivity index (χ1v) is 6.73. The second kappa shape index (κ2) is 6.99. The molecule has 0 aromatic carbocycles. The second-order valence-corrected chi connectivity index (χ2v) is 5.31. The summed E-state index contributed by atoms with van der Waals surface area (Å²) < 4.78 is 5.47. The zero-order valence-electron chi connectivity index (χ0n) is 10.6. The third kappa shape index (κ3) is 4.60. The molecule has 1 atom stereocenters. The summed E-state index contributed by atoms with van der Waals surface area (Å²) in [6.07, 6.45) is 0. The topological polar surface area (TPSA) is 34.1 Å². The number of hydrogen-bond donors (Lipinski definition) is 1. The van der Waals surface area contributed by atoms with E-state index in [1.807, 2.05) is 13.8 Å². The average molecular weight is 242 g/mol. The monoisotopic (exact) mass is 242 g/mol. The summed E-state index contributed by atoms with van der Waals surface area (Å²) in [5.74, 6) is 0.575. The standard InChI is InChI=1S/C12H22N2OS/c1-5-15-7-12(9(2)3)13-6-11-8-16-10(4)14-11/h8-9,12-13H,5-7H2,1-4H3. The van der Waals surface area contributed by atoms with Gasteiger partial charge in [0.2, 0.25) is 0 Å². The molecule has 92 valence electrons. The van der Waals surface area contributed by atoms with Crippen molar-refractivity contribution in [3.63, 3.8) is 0 Å². The van der Waals surface area contributed by atoms with Crippen molar-refractivity contribution < 1.29 is 4.74 Å². The molecule has 0 radical (unpaired) electrons. The lowest BCUT2D eigenvalue weighted by Crippen LogP contribution is -2.37. The summed E-state index contributed by atoms with van der Waals surface area (Å²) in [5.41, 5.74) is 1.13. The highest BCUT2D eigenvalue weighted by atomic mass is 32.1. The number of hydrogen-bond acceptors (Lipinski definition) is 4. The lowest BCUT2D eigenvalue weighted by molar-refractivity contribution is 0.107. The number of ether oxygens (including phenoxy) is 1. The van der Waals surface area contributed by atoms with Crippen LogP contribution < -0.4 is 5.32 Å². The van der Waals surface area contributed by atoms with Crippen LogP contribution in [0.4, 0.5) is 0 Å². The van der Waals surface area contributed by atoms with Crippen molar-refractivity contribution in [3.8, 4) is 0 Å². The van der Waals surface area contributed by atoms with Crippen molar-refractivity contribution in [2.75, 3.05) is 13.2 Å². The fourth-order valence-corrected chi connectivity index (χ4v) is 2.07. The molecule has 1 aromatic rings. The fourth-order valence-electron chi connectivity index (χ4n) is 1.46. The summed E-state index contributed by atoms with van der Waals surface area (Å²) in [5, 5.41) is 6.74. The lowest BCUT2D eigenvalue weighted by atomic mass is 10.1. The third-order valence-electron chi connectivity index (χ3n) is 2.52. The van der Waals surface area contributed by atoms with Gasteiger partial charge in [0, 0.05) is 24.6 Å². The molecule has 1 heterocycles. The Bertz CT molecular complexity index is 299. The Morgan fingerprint density at radius 1 is 1.50 bits per heavy atom. The van der Waals surface area contributed by atoms with Crippen LogP contribution in [0.15, 0.2) is 5.38 Å². The first-order chi connectivity index (χ1) is 7.63. The lowest BCUT2D eigenvalue weighted by Gasteiger charge is -2.21. The Morgan fingerprint density at radius 2 is 2.25 bits per heavy atom. The Hall–Kier alpha value is -0.450. The van der Waals surface area contributed by atoms with E-state index in [1.165, 1.54) is 0 Å². The zero-order chi connectivity index (χ0) is 12.0. The molecule has 1 rings (SSSR count). The van der Waals surface area contributed by atoms with E-state index >= 15 is 0 Å². The number of aryl methyl sites for hydroxylation is 1. The molecule has 1 aromatic heterocycles. The van der Waals surface area contributed by atoms with Gasteiger partial charge in [-0.15, -0.1) is 11.3 Å². The van der Waals surface area contributed by atoms with Crippen LogP contribution in [0.1, 0.15) is 31.5 Å². The van der Waals surface area contributed by atoms with Gasteiger partial charge in [0.25, 0.3) is 0 Å². The van der Waals surface area contributed by atoms with Gasteiger partial charge in [-0.05, 0) is 19.8 Å². The van der Waals surface area contributed by atoms with Crippen LogP contribution in [0.2, 0.25) is 0 Å². The third-order valence-corrected chi connectivity index (χ3v) is 3.34. The number of thiazole rings is 1. The van der Waals surface area contributed by atoms with E-state index < -0.39 is 0 Å². The van der Waals surface area contributed by atoms with Crippen molar-refractivity contribution in [2.45, 2.75) is 40.3 Å². The number of aromatic nitrogens is 1. The van der Waals surface area contributed by atoms with Crippen LogP contribution in [-0.2, 0) is 11.3 Å². The van der Waals surface area contributed by atoms with Crippen LogP contribution in [0.5, 0.6) is 0 Å². The maximum absolute atomic E-state index is 5.47. The minimum absolute atomic E-state index is 0.405. The minimum Gasteiger partial charge on any atom is -0.380 e. The number of nitrogens with one attached hydrogen (secondary N) is 1. The molecule has 0 bridgehead atoms. The average Bonchev–Trinajstić information content (AvgIpc) is 2.64. The molecule has 0 aliphatic heterocycles. The Morgan fingerprint density at radius 3 is 2.75 bits per heavy atom. The summed E-state index contributed by atoms with van der Waals surface area (Å²) >= 11 is 1.70. The molecule has 1 N–H and O–H groups in total. The molecule has 0 amide bonds. The van der Waals surface area contributed by atoms with E-state index in [-0.39, 0.29) is 0 Å². The van der Waals surface area contributed by atoms with E-state index in [1.54, 1.807) is 11.3 Å². The predicted octanol–water partition coefficient (Wildman–Crippen LogP) is 2.60. The van der Waals surface area contributed by atoms with Gasteiger partial charge in [0.15, 0.2) is 0 Å². The largest absolute Gasteiger partial charge is 0.380 e. The van der Waals surface area contributed by atoms with Crippen LogP contribution in [0, 0.1) is 12.8 Å². The summed E-state index contributed by atoms with van der Waals surface area (Å²) in [4.78, 5) is 4.44. The van der Waals surface area contributed by atoms with E-state index in [4.69, 9.17) is 4.74 Å². The Labute approximate surface area is 102 Å². The summed E-state index contributed by atoms with van der Waals surface area (Å²) in [6, 6.07) is 0.405. The minimum atomic E-state index is 0.405. The molecular formula is C12H22N2OS. The highest BCUT2D eigenvalue weighted by Gasteiger charge is 2.13. The van der Waals surface area contributed by atoms with Gasteiger partial charge in [-0.3, -0.25) is 0 Å². The van der Waals surface area contributed by atoms with Crippen molar-refractivity contribution in [2.24, 2.45) is 5.92 Å². The number of rotatable bonds is 7. The van der Waals surface area contributed by atoms with Crippen molar-refractivity contribution >= 4 is 11.3 Å². The Kier molecular flexibility index (Phi) is 5.95. The van der Waals surface area contributed by atoms with Gasteiger partial charge >= 0.3 is 0 Å². The molecule has 1 unspecified atom stereocenters. The zero-order valence-corrected chi connectivity index (χ0v) is 11.4. The molecular weight excluding hydrogens is 220 g/mol. The van der Waals surface area contributed by atoms with Crippen molar-refractivity contribution in [1.82, 2.24) is 10.3 Å². The molecule has 0 spiro atoms. The maximum Gasteiger partial charge on any atom is 0.0897 e. The van der Waals surface area contributed by atoms with Crippen LogP contribution in [0.3, 0.4) is 0 Å². The molecule has 0 aliphatic carbocycles. The molecule has 3 nitrogen and oxygen atoms in total. The second-order valence-electron chi connectivity index (χ2n) is 4.25. The fraction of sp³-hybridized carbons (Fsp3) is 0.750. The smallest absolute Gasteiger partial charge is 0.0897 e. The van der Waals surface area contributed by atoms with Gasteiger partial charge in [0.1, 0.15) is 0 Å². The van der Waals surface area contributed by atoms with Crippen LogP contribution >= 0.6 is 11.3 Å². The highest BCUT2D eigenvalue weighted by Crippen LogP contribution is 2.09. The molecule has 4 heteroatoms. The molecule has 0 fully saturated rings. The van der Waals surface area contributed by atoms with Crippen LogP contribution in [-0.4, -0.2) is 24.2 Å². The van der Waals surface area contributed by atoms with E-state index in [0.29, 0.717) is 12.0 Å². The first-order valence-electron chi connectivity index (χ1n) is 5.85. The molecule has 0 saturated carbocycles. The summed E-state index contributed by atoms with van der Waals surface area (Å²) in [7, 11) is 0. The van der Waals surface area contributed by atoms with E-state index in [9.17, 15) is 0 Å². The van der Waals surface area contributed by atoms with Gasteiger partial charge < -0.3 is 10.1 Å². The van der Waals surface area contributed by atoms with Gasteiger partial charge in [-0.2, -0.15) is 0 Å².